The highest BCUT2D eigenvalue weighted by Gasteiger charge is 1.98. The van der Waals surface area contributed by atoms with Crippen LogP contribution in [0.5, 0.6) is 0 Å². The van der Waals surface area contributed by atoms with Crippen molar-refractivity contribution in [3.05, 3.63) is 24.5 Å². The van der Waals surface area contributed by atoms with E-state index in [0.29, 0.717) is 6.42 Å². The second kappa shape index (κ2) is 3.62. The Morgan fingerprint density at radius 1 is 1.45 bits per heavy atom. The minimum absolute atomic E-state index is 0.0179. The van der Waals surface area contributed by atoms with Gasteiger partial charge in [-0.15, -0.1) is 5.92 Å². The van der Waals surface area contributed by atoms with Crippen LogP contribution in [-0.4, -0.2) is 10.5 Å². The van der Waals surface area contributed by atoms with Crippen molar-refractivity contribution in [2.24, 2.45) is 0 Å². The molecule has 0 saturated heterocycles. The number of hydrogen-bond donors (Lipinski definition) is 0. The summed E-state index contributed by atoms with van der Waals surface area (Å²) in [5, 5.41) is 0. The Morgan fingerprint density at radius 2 is 2.09 bits per heavy atom. The molecular weight excluding hydrogens is 138 g/mol. The Hall–Kier alpha value is -1.49. The Balaban J connectivity index is 2.61. The molecule has 0 N–H and O–H groups in total. The lowest BCUT2D eigenvalue weighted by Crippen LogP contribution is -2.05. The van der Waals surface area contributed by atoms with Crippen LogP contribution in [0, 0.1) is 11.8 Å². The fraction of sp³-hybridized carbons (Fsp3) is 0.222. The SMILES string of the molecule is CC#CCC(=O)n1cccc1. The van der Waals surface area contributed by atoms with Crippen LogP contribution >= 0.6 is 0 Å². The molecule has 1 aromatic rings. The molecule has 0 amide bonds. The van der Waals surface area contributed by atoms with Crippen LogP contribution < -0.4 is 0 Å². The van der Waals surface area contributed by atoms with Crippen molar-refractivity contribution >= 4 is 5.91 Å². The predicted molar refractivity (Wildman–Crippen MR) is 43.1 cm³/mol. The zero-order valence-electron chi connectivity index (χ0n) is 6.37. The molecule has 0 aliphatic rings. The average Bonchev–Trinajstić information content (AvgIpc) is 2.52. The second-order valence-corrected chi connectivity index (χ2v) is 2.09. The van der Waals surface area contributed by atoms with Crippen LogP contribution in [0.2, 0.25) is 0 Å². The molecule has 0 aliphatic carbocycles. The molecule has 56 valence electrons. The maximum absolute atomic E-state index is 11.1. The third kappa shape index (κ3) is 1.98. The first-order chi connectivity index (χ1) is 5.34. The molecule has 0 radical (unpaired) electrons. The Bertz CT molecular complexity index is 287. The van der Waals surface area contributed by atoms with Crippen LogP contribution in [0.1, 0.15) is 18.1 Å². The highest BCUT2D eigenvalue weighted by molar-refractivity contribution is 5.81. The third-order valence-corrected chi connectivity index (χ3v) is 1.31. The van der Waals surface area contributed by atoms with E-state index in [4.69, 9.17) is 0 Å². The molecule has 1 aromatic heterocycles. The van der Waals surface area contributed by atoms with Gasteiger partial charge < -0.3 is 0 Å². The molecule has 0 saturated carbocycles. The molecule has 2 heteroatoms. The van der Waals surface area contributed by atoms with Crippen LogP contribution in [0.15, 0.2) is 24.5 Å². The molecular formula is C9H9NO. The summed E-state index contributed by atoms with van der Waals surface area (Å²) in [4.78, 5) is 11.1. The van der Waals surface area contributed by atoms with E-state index < -0.39 is 0 Å². The molecule has 11 heavy (non-hydrogen) atoms. The van der Waals surface area contributed by atoms with E-state index in [-0.39, 0.29) is 5.91 Å². The molecule has 2 nitrogen and oxygen atoms in total. The summed E-state index contributed by atoms with van der Waals surface area (Å²) in [7, 11) is 0. The fourth-order valence-corrected chi connectivity index (χ4v) is 0.756. The number of hydrogen-bond acceptors (Lipinski definition) is 1. The maximum atomic E-state index is 11.1. The van der Waals surface area contributed by atoms with Crippen molar-refractivity contribution in [3.63, 3.8) is 0 Å². The summed E-state index contributed by atoms with van der Waals surface area (Å²) in [6, 6.07) is 3.63. The van der Waals surface area contributed by atoms with Gasteiger partial charge in [0.15, 0.2) is 0 Å². The molecule has 0 unspecified atom stereocenters. The highest BCUT2D eigenvalue weighted by atomic mass is 16.1. The van der Waals surface area contributed by atoms with E-state index in [9.17, 15) is 4.79 Å². The van der Waals surface area contributed by atoms with Gasteiger partial charge in [-0.05, 0) is 19.1 Å². The predicted octanol–water partition coefficient (Wildman–Crippen LogP) is 1.54. The third-order valence-electron chi connectivity index (χ3n) is 1.31. The van der Waals surface area contributed by atoms with E-state index in [0.717, 1.165) is 0 Å². The molecule has 1 heterocycles. The minimum Gasteiger partial charge on any atom is -0.294 e. The molecule has 0 aliphatic heterocycles. The molecule has 0 spiro atoms. The van der Waals surface area contributed by atoms with E-state index in [1.54, 1.807) is 19.3 Å². The van der Waals surface area contributed by atoms with Gasteiger partial charge in [-0.3, -0.25) is 9.36 Å². The van der Waals surface area contributed by atoms with Gasteiger partial charge in [0.25, 0.3) is 0 Å². The zero-order chi connectivity index (χ0) is 8.10. The Kier molecular flexibility index (Phi) is 2.51. The second-order valence-electron chi connectivity index (χ2n) is 2.09. The maximum Gasteiger partial charge on any atom is 0.242 e. The summed E-state index contributed by atoms with van der Waals surface area (Å²) < 4.78 is 1.53. The van der Waals surface area contributed by atoms with Crippen LogP contribution in [-0.2, 0) is 0 Å². The van der Waals surface area contributed by atoms with Crippen molar-refractivity contribution in [2.45, 2.75) is 13.3 Å². The number of aromatic nitrogens is 1. The minimum atomic E-state index is 0.0179. The van der Waals surface area contributed by atoms with Gasteiger partial charge in [-0.1, -0.05) is 5.92 Å². The first kappa shape index (κ1) is 7.62. The van der Waals surface area contributed by atoms with Crippen molar-refractivity contribution in [2.75, 3.05) is 0 Å². The summed E-state index contributed by atoms with van der Waals surface area (Å²) in [5.74, 6) is 5.41. The molecule has 0 aromatic carbocycles. The van der Waals surface area contributed by atoms with Gasteiger partial charge in [0, 0.05) is 12.4 Å². The Labute approximate surface area is 65.8 Å². The van der Waals surface area contributed by atoms with Gasteiger partial charge in [-0.25, -0.2) is 0 Å². The van der Waals surface area contributed by atoms with Crippen molar-refractivity contribution in [1.29, 1.82) is 0 Å². The van der Waals surface area contributed by atoms with Crippen molar-refractivity contribution in [3.8, 4) is 11.8 Å². The normalized spacial score (nSPS) is 8.45. The summed E-state index contributed by atoms with van der Waals surface area (Å²) in [6.07, 6.45) is 3.74. The number of carbonyl (C=O) groups excluding carboxylic acids is 1. The van der Waals surface area contributed by atoms with E-state index in [1.165, 1.54) is 4.57 Å². The van der Waals surface area contributed by atoms with E-state index in [2.05, 4.69) is 11.8 Å². The van der Waals surface area contributed by atoms with Crippen LogP contribution in [0.25, 0.3) is 0 Å². The first-order valence-corrected chi connectivity index (χ1v) is 3.40. The molecule has 0 atom stereocenters. The van der Waals surface area contributed by atoms with Gasteiger partial charge >= 0.3 is 0 Å². The monoisotopic (exact) mass is 147 g/mol. The van der Waals surface area contributed by atoms with Crippen LogP contribution in [0.4, 0.5) is 0 Å². The van der Waals surface area contributed by atoms with Gasteiger partial charge in [0.1, 0.15) is 0 Å². The first-order valence-electron chi connectivity index (χ1n) is 3.40. The van der Waals surface area contributed by atoms with E-state index in [1.807, 2.05) is 12.1 Å². The standard InChI is InChI=1S/C9H9NO/c1-2-3-6-9(11)10-7-4-5-8-10/h4-5,7-8H,6H2,1H3. The lowest BCUT2D eigenvalue weighted by atomic mass is 10.4. The topological polar surface area (TPSA) is 22.0 Å². The van der Waals surface area contributed by atoms with E-state index >= 15 is 0 Å². The fourth-order valence-electron chi connectivity index (χ4n) is 0.756. The number of nitrogens with zero attached hydrogens (tertiary/aromatic N) is 1. The molecule has 1 rings (SSSR count). The Morgan fingerprint density at radius 3 is 2.64 bits per heavy atom. The highest BCUT2D eigenvalue weighted by Crippen LogP contribution is 1.92. The average molecular weight is 147 g/mol. The largest absolute Gasteiger partial charge is 0.294 e. The van der Waals surface area contributed by atoms with Crippen molar-refractivity contribution < 1.29 is 4.79 Å². The smallest absolute Gasteiger partial charge is 0.242 e. The summed E-state index contributed by atoms with van der Waals surface area (Å²) in [6.45, 7) is 1.73. The van der Waals surface area contributed by atoms with Gasteiger partial charge in [0.05, 0.1) is 6.42 Å². The lowest BCUT2D eigenvalue weighted by Gasteiger charge is -1.94. The summed E-state index contributed by atoms with van der Waals surface area (Å²) in [5.41, 5.74) is 0. The lowest BCUT2D eigenvalue weighted by molar-refractivity contribution is 0.0920. The summed E-state index contributed by atoms with van der Waals surface area (Å²) >= 11 is 0. The molecule has 0 bridgehead atoms. The van der Waals surface area contributed by atoms with Gasteiger partial charge in [0.2, 0.25) is 5.91 Å². The number of rotatable bonds is 1. The quantitative estimate of drug-likeness (QED) is 0.552. The molecule has 0 fully saturated rings. The van der Waals surface area contributed by atoms with Crippen LogP contribution in [0.3, 0.4) is 0 Å². The zero-order valence-corrected chi connectivity index (χ0v) is 6.37. The van der Waals surface area contributed by atoms with Crippen molar-refractivity contribution in [1.82, 2.24) is 4.57 Å². The van der Waals surface area contributed by atoms with Gasteiger partial charge in [-0.2, -0.15) is 0 Å². The number of carbonyl (C=O) groups is 1.